The first-order valence-electron chi connectivity index (χ1n) is 6.00. The van der Waals surface area contributed by atoms with E-state index < -0.39 is 12.0 Å². The third-order valence-electron chi connectivity index (χ3n) is 2.98. The average molecular weight is 292 g/mol. The molecule has 1 atom stereocenters. The van der Waals surface area contributed by atoms with Crippen molar-refractivity contribution >= 4 is 44.3 Å². The van der Waals surface area contributed by atoms with Crippen LogP contribution < -0.4 is 0 Å². The second kappa shape index (κ2) is 4.94. The molecule has 2 aromatic rings. The van der Waals surface area contributed by atoms with E-state index in [1.54, 1.807) is 11.3 Å². The van der Waals surface area contributed by atoms with E-state index in [1.807, 2.05) is 6.07 Å². The number of benzene rings is 1. The van der Waals surface area contributed by atoms with Crippen LogP contribution in [0.1, 0.15) is 17.5 Å². The predicted octanol–water partition coefficient (Wildman–Crippen LogP) is 2.81. The lowest BCUT2D eigenvalue weighted by Gasteiger charge is -1.93. The number of hydrogen-bond acceptors (Lipinski definition) is 5. The van der Waals surface area contributed by atoms with Crippen molar-refractivity contribution in [1.29, 1.82) is 0 Å². The van der Waals surface area contributed by atoms with Gasteiger partial charge in [-0.1, -0.05) is 13.0 Å². The molecular formula is C13H12N2O2S2. The van der Waals surface area contributed by atoms with Crippen LogP contribution in [0.4, 0.5) is 0 Å². The van der Waals surface area contributed by atoms with Crippen LogP contribution >= 0.6 is 23.1 Å². The molecule has 6 heteroatoms. The Morgan fingerprint density at radius 3 is 3.05 bits per heavy atom. The number of carboxylic acids is 1. The Morgan fingerprint density at radius 2 is 2.37 bits per heavy atom. The predicted molar refractivity (Wildman–Crippen MR) is 79.4 cm³/mol. The molecule has 0 fully saturated rings. The summed E-state index contributed by atoms with van der Waals surface area (Å²) in [5.41, 5.74) is 2.24. The van der Waals surface area contributed by atoms with E-state index in [9.17, 15) is 4.79 Å². The summed E-state index contributed by atoms with van der Waals surface area (Å²) in [5, 5.41) is 10.5. The maximum absolute atomic E-state index is 10.9. The van der Waals surface area contributed by atoms with Gasteiger partial charge in [0.25, 0.3) is 0 Å². The van der Waals surface area contributed by atoms with Crippen molar-refractivity contribution in [2.24, 2.45) is 4.99 Å². The smallest absolute Gasteiger partial charge is 0.329 e. The molecule has 0 saturated carbocycles. The van der Waals surface area contributed by atoms with Crippen LogP contribution in [0.2, 0.25) is 0 Å². The molecule has 0 radical (unpaired) electrons. The zero-order valence-corrected chi connectivity index (χ0v) is 11.9. The number of nitrogens with zero attached hydrogens (tertiary/aromatic N) is 2. The third-order valence-corrected chi connectivity index (χ3v) is 5.19. The molecule has 1 aliphatic rings. The number of aromatic nitrogens is 1. The first-order valence-corrected chi connectivity index (χ1v) is 7.81. The molecule has 1 N–H and O–H groups in total. The largest absolute Gasteiger partial charge is 0.480 e. The van der Waals surface area contributed by atoms with Gasteiger partial charge in [0.2, 0.25) is 0 Å². The standard InChI is InChI=1S/C13H12N2O2S2/c1-2-7-3-4-8-10(5-7)19-12(14-8)11-15-9(6-18-11)13(16)17/h3-5,9H,2,6H2,1H3,(H,16,17). The second-order valence-electron chi connectivity index (χ2n) is 4.27. The summed E-state index contributed by atoms with van der Waals surface area (Å²) >= 11 is 3.06. The van der Waals surface area contributed by atoms with Gasteiger partial charge in [-0.3, -0.25) is 4.99 Å². The summed E-state index contributed by atoms with van der Waals surface area (Å²) < 4.78 is 1.14. The van der Waals surface area contributed by atoms with Crippen LogP contribution in [-0.4, -0.2) is 32.9 Å². The fraction of sp³-hybridized carbons (Fsp3) is 0.308. The van der Waals surface area contributed by atoms with Crippen molar-refractivity contribution in [3.05, 3.63) is 28.8 Å². The lowest BCUT2D eigenvalue weighted by atomic mass is 10.2. The summed E-state index contributed by atoms with van der Waals surface area (Å²) in [5.74, 6) is -0.363. The zero-order chi connectivity index (χ0) is 13.4. The number of carboxylic acid groups (broad SMARTS) is 1. The van der Waals surface area contributed by atoms with E-state index in [1.165, 1.54) is 17.3 Å². The fourth-order valence-corrected chi connectivity index (χ4v) is 4.02. The topological polar surface area (TPSA) is 62.5 Å². The Balaban J connectivity index is 1.98. The van der Waals surface area contributed by atoms with Gasteiger partial charge in [0.1, 0.15) is 10.1 Å². The lowest BCUT2D eigenvalue weighted by molar-refractivity contribution is -0.137. The van der Waals surface area contributed by atoms with Crippen molar-refractivity contribution in [3.8, 4) is 0 Å². The minimum Gasteiger partial charge on any atom is -0.480 e. The molecule has 0 amide bonds. The normalized spacial score (nSPS) is 18.8. The van der Waals surface area contributed by atoms with Crippen LogP contribution in [0, 0.1) is 0 Å². The summed E-state index contributed by atoms with van der Waals surface area (Å²) in [6.07, 6.45) is 1.000. The minimum atomic E-state index is -0.864. The van der Waals surface area contributed by atoms with Crippen LogP contribution in [0.5, 0.6) is 0 Å². The van der Waals surface area contributed by atoms with E-state index in [0.29, 0.717) is 5.75 Å². The van der Waals surface area contributed by atoms with E-state index in [-0.39, 0.29) is 0 Å². The van der Waals surface area contributed by atoms with Crippen LogP contribution in [-0.2, 0) is 11.2 Å². The highest BCUT2D eigenvalue weighted by atomic mass is 32.2. The molecule has 0 spiro atoms. The number of thiazole rings is 1. The quantitative estimate of drug-likeness (QED) is 0.945. The number of aryl methyl sites for hydroxylation is 1. The number of aliphatic carboxylic acids is 1. The van der Waals surface area contributed by atoms with Crippen molar-refractivity contribution in [2.75, 3.05) is 5.75 Å². The zero-order valence-electron chi connectivity index (χ0n) is 10.3. The Bertz CT molecular complexity index is 678. The van der Waals surface area contributed by atoms with Gasteiger partial charge in [-0.25, -0.2) is 9.78 Å². The molecule has 0 aliphatic carbocycles. The molecule has 2 heterocycles. The van der Waals surface area contributed by atoms with Gasteiger partial charge in [0.15, 0.2) is 6.04 Å². The van der Waals surface area contributed by atoms with Crippen molar-refractivity contribution in [3.63, 3.8) is 0 Å². The number of carbonyl (C=O) groups is 1. The fourth-order valence-electron chi connectivity index (χ4n) is 1.90. The summed E-state index contributed by atoms with van der Waals surface area (Å²) in [7, 11) is 0. The molecule has 1 aliphatic heterocycles. The molecule has 4 nitrogen and oxygen atoms in total. The molecule has 3 rings (SSSR count). The molecular weight excluding hydrogens is 280 g/mol. The van der Waals surface area contributed by atoms with Crippen molar-refractivity contribution in [1.82, 2.24) is 4.98 Å². The summed E-state index contributed by atoms with van der Waals surface area (Å²) in [4.78, 5) is 19.7. The Morgan fingerprint density at radius 1 is 1.53 bits per heavy atom. The molecule has 0 saturated heterocycles. The van der Waals surface area contributed by atoms with Gasteiger partial charge in [0.05, 0.1) is 10.2 Å². The van der Waals surface area contributed by atoms with Gasteiger partial charge in [-0.15, -0.1) is 23.1 Å². The molecule has 1 unspecified atom stereocenters. The number of thioether (sulfide) groups is 1. The van der Waals surface area contributed by atoms with Gasteiger partial charge in [-0.2, -0.15) is 0 Å². The highest BCUT2D eigenvalue weighted by Gasteiger charge is 2.26. The Kier molecular flexibility index (Phi) is 3.28. The first-order chi connectivity index (χ1) is 9.17. The highest BCUT2D eigenvalue weighted by molar-refractivity contribution is 8.15. The number of rotatable bonds is 3. The van der Waals surface area contributed by atoms with E-state index in [0.717, 1.165) is 26.7 Å². The third kappa shape index (κ3) is 2.37. The maximum atomic E-state index is 10.9. The second-order valence-corrected chi connectivity index (χ2v) is 6.31. The minimum absolute atomic E-state index is 0.501. The average Bonchev–Trinajstić information content (AvgIpc) is 3.04. The first kappa shape index (κ1) is 12.6. The Labute approximate surface area is 118 Å². The van der Waals surface area contributed by atoms with Gasteiger partial charge in [0, 0.05) is 5.75 Å². The van der Waals surface area contributed by atoms with Gasteiger partial charge >= 0.3 is 5.97 Å². The van der Waals surface area contributed by atoms with E-state index in [2.05, 4.69) is 29.0 Å². The molecule has 0 bridgehead atoms. The van der Waals surface area contributed by atoms with E-state index in [4.69, 9.17) is 5.11 Å². The lowest BCUT2D eigenvalue weighted by Crippen LogP contribution is -2.17. The number of fused-ring (bicyclic) bond motifs is 1. The van der Waals surface area contributed by atoms with E-state index >= 15 is 0 Å². The maximum Gasteiger partial charge on any atom is 0.329 e. The van der Waals surface area contributed by atoms with Crippen molar-refractivity contribution in [2.45, 2.75) is 19.4 Å². The number of hydrogen-bond donors (Lipinski definition) is 1. The number of aliphatic imine (C=N–C) groups is 1. The Hall–Kier alpha value is -1.40. The van der Waals surface area contributed by atoms with Crippen molar-refractivity contribution < 1.29 is 9.90 Å². The van der Waals surface area contributed by atoms with Crippen LogP contribution in [0.3, 0.4) is 0 Å². The van der Waals surface area contributed by atoms with Gasteiger partial charge in [-0.05, 0) is 24.1 Å². The van der Waals surface area contributed by atoms with Crippen LogP contribution in [0.25, 0.3) is 10.2 Å². The SMILES string of the molecule is CCc1ccc2nc(C3=NC(C(=O)O)CS3)sc2c1. The highest BCUT2D eigenvalue weighted by Crippen LogP contribution is 2.30. The molecule has 1 aromatic heterocycles. The molecule has 19 heavy (non-hydrogen) atoms. The summed E-state index contributed by atoms with van der Waals surface area (Å²) in [6, 6.07) is 5.61. The van der Waals surface area contributed by atoms with Gasteiger partial charge < -0.3 is 5.11 Å². The molecule has 98 valence electrons. The van der Waals surface area contributed by atoms with Crippen LogP contribution in [0.15, 0.2) is 23.2 Å². The molecule has 1 aromatic carbocycles. The monoisotopic (exact) mass is 292 g/mol. The summed E-state index contributed by atoms with van der Waals surface area (Å²) in [6.45, 7) is 2.12.